The van der Waals surface area contributed by atoms with Crippen LogP contribution in [0.25, 0.3) is 0 Å². The predicted octanol–water partition coefficient (Wildman–Crippen LogP) is 2.76. The monoisotopic (exact) mass is 436 g/mol. The fourth-order valence-electron chi connectivity index (χ4n) is 1.83. The molecule has 1 aromatic heterocycles. The molecule has 0 aliphatic heterocycles. The molecule has 114 valence electrons. The molecule has 21 heavy (non-hydrogen) atoms. The number of sulfonamides is 1. The van der Waals surface area contributed by atoms with E-state index in [1.54, 1.807) is 7.05 Å². The van der Waals surface area contributed by atoms with Gasteiger partial charge in [0.15, 0.2) is 5.03 Å². The number of aromatic nitrogens is 2. The number of halogens is 2. The predicted molar refractivity (Wildman–Crippen MR) is 88.7 cm³/mol. The average Bonchev–Trinajstić information content (AvgIpc) is 2.83. The van der Waals surface area contributed by atoms with E-state index in [0.717, 1.165) is 5.56 Å². The highest BCUT2D eigenvalue weighted by molar-refractivity contribution is 9.11. The van der Waals surface area contributed by atoms with Crippen molar-refractivity contribution >= 4 is 47.6 Å². The van der Waals surface area contributed by atoms with E-state index in [2.05, 4.69) is 52.1 Å². The van der Waals surface area contributed by atoms with Crippen LogP contribution >= 0.6 is 31.9 Å². The van der Waals surface area contributed by atoms with Gasteiger partial charge < -0.3 is 5.32 Å². The first-order valence-electron chi connectivity index (χ1n) is 6.00. The lowest BCUT2D eigenvalue weighted by molar-refractivity contribution is 0.595. The summed E-state index contributed by atoms with van der Waals surface area (Å²) in [4.78, 5) is 0. The average molecular weight is 438 g/mol. The molecule has 0 radical (unpaired) electrons. The van der Waals surface area contributed by atoms with E-state index in [4.69, 9.17) is 0 Å². The third-order valence-corrected chi connectivity index (χ3v) is 5.35. The first-order valence-corrected chi connectivity index (χ1v) is 9.07. The summed E-state index contributed by atoms with van der Waals surface area (Å²) >= 11 is 6.74. The van der Waals surface area contributed by atoms with E-state index in [-0.39, 0.29) is 5.03 Å². The molecule has 0 saturated heterocycles. The molecule has 0 saturated carbocycles. The molecule has 0 aliphatic carbocycles. The zero-order chi connectivity index (χ0) is 15.6. The van der Waals surface area contributed by atoms with Gasteiger partial charge in [-0.2, -0.15) is 13.5 Å². The molecule has 6 nitrogen and oxygen atoms in total. The molecular weight excluding hydrogens is 424 g/mol. The molecule has 2 aromatic rings. The van der Waals surface area contributed by atoms with Crippen LogP contribution in [-0.2, 0) is 16.6 Å². The van der Waals surface area contributed by atoms with Crippen molar-refractivity contribution in [1.82, 2.24) is 15.5 Å². The van der Waals surface area contributed by atoms with Gasteiger partial charge >= 0.3 is 0 Å². The Labute approximate surface area is 140 Å². The Morgan fingerprint density at radius 1 is 1.29 bits per heavy atom. The van der Waals surface area contributed by atoms with E-state index < -0.39 is 10.0 Å². The lowest BCUT2D eigenvalue weighted by Gasteiger charge is -2.12. The summed E-state index contributed by atoms with van der Waals surface area (Å²) in [5.74, 6) is 0. The van der Waals surface area contributed by atoms with Crippen molar-refractivity contribution in [3.8, 4) is 0 Å². The van der Waals surface area contributed by atoms with Crippen LogP contribution in [0.3, 0.4) is 0 Å². The van der Waals surface area contributed by atoms with Crippen molar-refractivity contribution in [1.29, 1.82) is 0 Å². The maximum atomic E-state index is 12.5. The molecule has 0 bridgehead atoms. The minimum atomic E-state index is -3.75. The van der Waals surface area contributed by atoms with Gasteiger partial charge in [-0.05, 0) is 63.5 Å². The molecule has 1 aromatic carbocycles. The normalized spacial score (nSPS) is 11.6. The first-order chi connectivity index (χ1) is 9.85. The number of hydrogen-bond acceptors (Lipinski definition) is 4. The molecule has 9 heteroatoms. The molecule has 0 amide bonds. The van der Waals surface area contributed by atoms with Crippen LogP contribution in [0.1, 0.15) is 11.1 Å². The minimum Gasteiger partial charge on any atom is -0.316 e. The highest BCUT2D eigenvalue weighted by Crippen LogP contribution is 2.34. The summed E-state index contributed by atoms with van der Waals surface area (Å²) in [5.41, 5.74) is 2.03. The second-order valence-corrected chi connectivity index (χ2v) is 7.79. The smallest absolute Gasteiger partial charge is 0.279 e. The molecule has 0 aliphatic rings. The Balaban J connectivity index is 2.40. The summed E-state index contributed by atoms with van der Waals surface area (Å²) in [5, 5.41) is 9.29. The largest absolute Gasteiger partial charge is 0.316 e. The molecule has 0 fully saturated rings. The molecular formula is C12H14Br2N4O2S. The van der Waals surface area contributed by atoms with E-state index in [1.807, 2.05) is 19.1 Å². The lowest BCUT2D eigenvalue weighted by Crippen LogP contribution is -2.17. The van der Waals surface area contributed by atoms with Crippen molar-refractivity contribution in [2.75, 3.05) is 11.8 Å². The minimum absolute atomic E-state index is 0.0521. The molecule has 3 N–H and O–H groups in total. The summed E-state index contributed by atoms with van der Waals surface area (Å²) in [7, 11) is -2.01. The molecule has 2 rings (SSSR count). The van der Waals surface area contributed by atoms with Crippen molar-refractivity contribution in [2.45, 2.75) is 18.5 Å². The number of aryl methyl sites for hydroxylation is 1. The highest BCUT2D eigenvalue weighted by atomic mass is 79.9. The number of nitrogens with zero attached hydrogens (tertiary/aromatic N) is 1. The van der Waals surface area contributed by atoms with E-state index in [0.29, 0.717) is 26.7 Å². The summed E-state index contributed by atoms with van der Waals surface area (Å²) in [6, 6.07) is 3.67. The van der Waals surface area contributed by atoms with Crippen molar-refractivity contribution in [3.05, 3.63) is 38.4 Å². The lowest BCUT2D eigenvalue weighted by atomic mass is 10.2. The van der Waals surface area contributed by atoms with Crippen molar-refractivity contribution in [3.63, 3.8) is 0 Å². The van der Waals surface area contributed by atoms with E-state index >= 15 is 0 Å². The van der Waals surface area contributed by atoms with Crippen LogP contribution < -0.4 is 10.0 Å². The van der Waals surface area contributed by atoms with Crippen LogP contribution in [0, 0.1) is 6.92 Å². The van der Waals surface area contributed by atoms with Crippen LogP contribution in [0.2, 0.25) is 0 Å². The highest BCUT2D eigenvalue weighted by Gasteiger charge is 2.22. The second-order valence-electron chi connectivity index (χ2n) is 4.46. The van der Waals surface area contributed by atoms with Crippen LogP contribution in [0.4, 0.5) is 5.69 Å². The van der Waals surface area contributed by atoms with Gasteiger partial charge in [-0.15, -0.1) is 0 Å². The van der Waals surface area contributed by atoms with Gasteiger partial charge in [0.05, 0.1) is 11.9 Å². The SMILES string of the molecule is CNCc1cn[nH]c1S(=O)(=O)Nc1c(Br)cc(C)cc1Br. The summed E-state index contributed by atoms with van der Waals surface area (Å²) < 4.78 is 28.9. The first kappa shape index (κ1) is 16.5. The molecule has 0 atom stereocenters. The third-order valence-electron chi connectivity index (χ3n) is 2.74. The van der Waals surface area contributed by atoms with E-state index in [1.165, 1.54) is 6.20 Å². The maximum absolute atomic E-state index is 12.5. The Hall–Kier alpha value is -0.900. The van der Waals surface area contributed by atoms with Gasteiger partial charge in [0.2, 0.25) is 0 Å². The number of aromatic amines is 1. The summed E-state index contributed by atoms with van der Waals surface area (Å²) in [6.07, 6.45) is 1.49. The van der Waals surface area contributed by atoms with Crippen LogP contribution in [0.5, 0.6) is 0 Å². The second kappa shape index (κ2) is 6.47. The number of H-pyrrole nitrogens is 1. The quantitative estimate of drug-likeness (QED) is 0.671. The van der Waals surface area contributed by atoms with Crippen LogP contribution in [-0.4, -0.2) is 25.7 Å². The number of benzene rings is 1. The topological polar surface area (TPSA) is 86.9 Å². The van der Waals surface area contributed by atoms with Crippen molar-refractivity contribution in [2.24, 2.45) is 0 Å². The van der Waals surface area contributed by atoms with Gasteiger partial charge in [-0.3, -0.25) is 9.82 Å². The van der Waals surface area contributed by atoms with Gasteiger partial charge in [0.25, 0.3) is 10.0 Å². The molecule has 0 spiro atoms. The number of hydrogen-bond donors (Lipinski definition) is 3. The Kier molecular flexibility index (Phi) is 5.07. The Morgan fingerprint density at radius 2 is 1.90 bits per heavy atom. The van der Waals surface area contributed by atoms with Gasteiger partial charge in [0.1, 0.15) is 0 Å². The zero-order valence-corrected chi connectivity index (χ0v) is 15.4. The molecule has 0 unspecified atom stereocenters. The fraction of sp³-hybridized carbons (Fsp3) is 0.250. The number of rotatable bonds is 5. The fourth-order valence-corrected chi connectivity index (χ4v) is 4.94. The summed E-state index contributed by atoms with van der Waals surface area (Å²) in [6.45, 7) is 2.33. The van der Waals surface area contributed by atoms with E-state index in [9.17, 15) is 8.42 Å². The Morgan fingerprint density at radius 3 is 2.48 bits per heavy atom. The van der Waals surface area contributed by atoms with Crippen molar-refractivity contribution < 1.29 is 8.42 Å². The third kappa shape index (κ3) is 3.65. The number of nitrogens with one attached hydrogen (secondary N) is 3. The Bertz CT molecular complexity index is 735. The number of anilines is 1. The maximum Gasteiger partial charge on any atom is 0.279 e. The van der Waals surface area contributed by atoms with Gasteiger partial charge in [0, 0.05) is 21.1 Å². The molecule has 1 heterocycles. The standard InChI is InChI=1S/C12H14Br2N4O2S/c1-7-3-9(13)11(10(14)4-7)18-21(19,20)12-8(5-15-2)6-16-17-12/h3-4,6,15,18H,5H2,1-2H3,(H,16,17). The van der Waals surface area contributed by atoms with Gasteiger partial charge in [-0.1, -0.05) is 0 Å². The van der Waals surface area contributed by atoms with Gasteiger partial charge in [-0.25, -0.2) is 0 Å². The zero-order valence-electron chi connectivity index (χ0n) is 11.4. The van der Waals surface area contributed by atoms with Crippen LogP contribution in [0.15, 0.2) is 32.3 Å².